The van der Waals surface area contributed by atoms with E-state index in [1.807, 2.05) is 0 Å². The minimum absolute atomic E-state index is 0.0149. The summed E-state index contributed by atoms with van der Waals surface area (Å²) in [6.45, 7) is 4.46. The first-order valence-corrected chi connectivity index (χ1v) is 7.99. The maximum Gasteiger partial charge on any atom is 0.376 e. The molecule has 1 aromatic rings. The summed E-state index contributed by atoms with van der Waals surface area (Å²) in [5.74, 6) is -6.18. The van der Waals surface area contributed by atoms with Gasteiger partial charge >= 0.3 is 17.9 Å². The van der Waals surface area contributed by atoms with Crippen LogP contribution in [-0.4, -0.2) is 51.7 Å². The van der Waals surface area contributed by atoms with E-state index in [0.29, 0.717) is 6.08 Å². The number of carboxylic acid groups (broad SMARTS) is 1. The number of pyridine rings is 1. The van der Waals surface area contributed by atoms with Crippen LogP contribution in [0.4, 0.5) is 0 Å². The van der Waals surface area contributed by atoms with Crippen LogP contribution in [0, 0.1) is 0 Å². The molecule has 0 unspecified atom stereocenters. The number of aliphatic carboxylic acids is 1. The van der Waals surface area contributed by atoms with Crippen LogP contribution >= 0.6 is 0 Å². The highest BCUT2D eigenvalue weighted by Crippen LogP contribution is 2.17. The number of ketones is 1. The predicted molar refractivity (Wildman–Crippen MR) is 91.5 cm³/mol. The van der Waals surface area contributed by atoms with Crippen molar-refractivity contribution < 1.29 is 38.9 Å². The van der Waals surface area contributed by atoms with Crippen LogP contribution < -0.4 is 5.56 Å². The van der Waals surface area contributed by atoms with E-state index in [1.165, 1.54) is 20.8 Å². The molecule has 146 valence electrons. The normalized spacial score (nSPS) is 11.0. The molecule has 1 heterocycles. The number of aromatic nitrogens is 1. The number of aliphatic hydroxyl groups is 1. The number of carbonyl (C=O) groups excluding carboxylic acids is 3. The van der Waals surface area contributed by atoms with Crippen molar-refractivity contribution in [1.29, 1.82) is 0 Å². The van der Waals surface area contributed by atoms with Gasteiger partial charge in [-0.2, -0.15) is 0 Å². The Kier molecular flexibility index (Phi) is 7.46. The topological polar surface area (TPSA) is 149 Å². The summed E-state index contributed by atoms with van der Waals surface area (Å²) < 4.78 is 10.6. The zero-order chi connectivity index (χ0) is 20.7. The molecule has 0 saturated carbocycles. The van der Waals surface area contributed by atoms with Gasteiger partial charge in [0.1, 0.15) is 11.5 Å². The van der Waals surface area contributed by atoms with E-state index in [4.69, 9.17) is 14.6 Å². The molecule has 10 nitrogen and oxygen atoms in total. The van der Waals surface area contributed by atoms with Gasteiger partial charge in [0.2, 0.25) is 0 Å². The summed E-state index contributed by atoms with van der Waals surface area (Å²) in [7, 11) is 0. The minimum Gasteiger partial charge on any atom is -0.507 e. The fourth-order valence-electron chi connectivity index (χ4n) is 2.20. The summed E-state index contributed by atoms with van der Waals surface area (Å²) in [5, 5.41) is 18.6. The standard InChI is InChI=1S/C17H19NO9/c1-4-18-13(17(25)27-6-3)10(16(24)26-5-2)7-9(14(18)21)11(19)8-12(20)15(22)23/h7-8,19H,4-6H2,1-3H3,(H,22,23). The fourth-order valence-corrected chi connectivity index (χ4v) is 2.20. The summed E-state index contributed by atoms with van der Waals surface area (Å²) in [6.07, 6.45) is 0.331. The molecule has 2 N–H and O–H groups in total. The Balaban J connectivity index is 3.79. The van der Waals surface area contributed by atoms with Crippen molar-refractivity contribution >= 4 is 29.5 Å². The highest BCUT2D eigenvalue weighted by atomic mass is 16.5. The molecular formula is C17H19NO9. The number of nitrogens with zero attached hydrogens (tertiary/aromatic N) is 1. The number of rotatable bonds is 8. The van der Waals surface area contributed by atoms with Gasteiger partial charge in [0, 0.05) is 12.6 Å². The third-order valence-corrected chi connectivity index (χ3v) is 3.32. The zero-order valence-corrected chi connectivity index (χ0v) is 15.0. The molecule has 0 fully saturated rings. The van der Waals surface area contributed by atoms with Crippen LogP contribution in [0.5, 0.6) is 0 Å². The SMILES string of the molecule is CCOC(=O)c1cc(C(O)=CC(=O)C(=O)O)c(=O)n(CC)c1C(=O)OCC. The molecule has 0 aromatic carbocycles. The summed E-state index contributed by atoms with van der Waals surface area (Å²) >= 11 is 0. The average Bonchev–Trinajstić information content (AvgIpc) is 2.61. The van der Waals surface area contributed by atoms with E-state index in [9.17, 15) is 29.1 Å². The van der Waals surface area contributed by atoms with E-state index in [1.54, 1.807) is 0 Å². The van der Waals surface area contributed by atoms with Crippen molar-refractivity contribution in [2.45, 2.75) is 27.3 Å². The maximum atomic E-state index is 12.6. The van der Waals surface area contributed by atoms with Crippen LogP contribution in [0.2, 0.25) is 0 Å². The molecule has 0 aliphatic rings. The quantitative estimate of drug-likeness (QED) is 0.288. The predicted octanol–water partition coefficient (Wildman–Crippen LogP) is 0.774. The van der Waals surface area contributed by atoms with E-state index >= 15 is 0 Å². The summed E-state index contributed by atoms with van der Waals surface area (Å²) in [4.78, 5) is 59.0. The van der Waals surface area contributed by atoms with Crippen LogP contribution in [0.1, 0.15) is 47.2 Å². The lowest BCUT2D eigenvalue weighted by molar-refractivity contribution is -0.146. The van der Waals surface area contributed by atoms with Crippen molar-refractivity contribution in [3.63, 3.8) is 0 Å². The molecule has 1 aromatic heterocycles. The maximum absolute atomic E-state index is 12.6. The zero-order valence-electron chi connectivity index (χ0n) is 15.0. The summed E-state index contributed by atoms with van der Waals surface area (Å²) in [5.41, 5.74) is -2.19. The number of carboxylic acids is 1. The average molecular weight is 381 g/mol. The molecule has 1 rings (SSSR count). The van der Waals surface area contributed by atoms with Crippen molar-refractivity contribution in [1.82, 2.24) is 4.57 Å². The largest absolute Gasteiger partial charge is 0.507 e. The van der Waals surface area contributed by atoms with Gasteiger partial charge in [-0.15, -0.1) is 0 Å². The first-order chi connectivity index (χ1) is 12.7. The molecule has 0 aliphatic carbocycles. The smallest absolute Gasteiger partial charge is 0.376 e. The molecule has 27 heavy (non-hydrogen) atoms. The van der Waals surface area contributed by atoms with Crippen LogP contribution in [0.25, 0.3) is 5.76 Å². The van der Waals surface area contributed by atoms with Gasteiger partial charge in [0.25, 0.3) is 11.3 Å². The lowest BCUT2D eigenvalue weighted by atomic mass is 10.1. The Hall–Kier alpha value is -3.43. The van der Waals surface area contributed by atoms with Gasteiger partial charge in [-0.05, 0) is 26.8 Å². The molecule has 0 amide bonds. The van der Waals surface area contributed by atoms with Crippen molar-refractivity contribution in [3.05, 3.63) is 39.3 Å². The van der Waals surface area contributed by atoms with Crippen LogP contribution in [0.3, 0.4) is 0 Å². The molecule has 0 bridgehead atoms. The monoisotopic (exact) mass is 381 g/mol. The second-order valence-corrected chi connectivity index (χ2v) is 5.01. The van der Waals surface area contributed by atoms with E-state index in [2.05, 4.69) is 0 Å². The number of ether oxygens (including phenoxy) is 2. The molecule has 10 heteroatoms. The Morgan fingerprint density at radius 2 is 1.56 bits per heavy atom. The van der Waals surface area contributed by atoms with Gasteiger partial charge in [0.05, 0.1) is 24.3 Å². The lowest BCUT2D eigenvalue weighted by Crippen LogP contribution is -2.32. The number of carbonyl (C=O) groups is 4. The summed E-state index contributed by atoms with van der Waals surface area (Å²) in [6, 6.07) is 0.861. The second-order valence-electron chi connectivity index (χ2n) is 5.01. The van der Waals surface area contributed by atoms with Crippen molar-refractivity contribution in [2.24, 2.45) is 0 Å². The minimum atomic E-state index is -1.84. The van der Waals surface area contributed by atoms with Gasteiger partial charge in [-0.3, -0.25) is 9.59 Å². The molecule has 0 radical (unpaired) electrons. The third-order valence-electron chi connectivity index (χ3n) is 3.32. The lowest BCUT2D eigenvalue weighted by Gasteiger charge is -2.16. The Morgan fingerprint density at radius 3 is 2.04 bits per heavy atom. The van der Waals surface area contributed by atoms with E-state index in [0.717, 1.165) is 10.6 Å². The Bertz CT molecular complexity index is 864. The van der Waals surface area contributed by atoms with Crippen molar-refractivity contribution in [2.75, 3.05) is 13.2 Å². The van der Waals surface area contributed by atoms with Gasteiger partial charge in [-0.1, -0.05) is 0 Å². The van der Waals surface area contributed by atoms with Crippen molar-refractivity contribution in [3.8, 4) is 0 Å². The molecule has 0 aliphatic heterocycles. The second kappa shape index (κ2) is 9.32. The molecule has 0 atom stereocenters. The van der Waals surface area contributed by atoms with Crippen LogP contribution in [0.15, 0.2) is 16.9 Å². The molecular weight excluding hydrogens is 362 g/mol. The first kappa shape index (κ1) is 21.6. The van der Waals surface area contributed by atoms with Crippen LogP contribution in [-0.2, 0) is 25.6 Å². The fraction of sp³-hybridized carbons (Fsp3) is 0.353. The van der Waals surface area contributed by atoms with Gasteiger partial charge < -0.3 is 24.3 Å². The molecule has 0 spiro atoms. The highest BCUT2D eigenvalue weighted by molar-refractivity contribution is 6.38. The Morgan fingerprint density at radius 1 is 1.00 bits per heavy atom. The van der Waals surface area contributed by atoms with E-state index < -0.39 is 40.6 Å². The number of hydrogen-bond donors (Lipinski definition) is 2. The van der Waals surface area contributed by atoms with Gasteiger partial charge in [-0.25, -0.2) is 14.4 Å². The van der Waals surface area contributed by atoms with Gasteiger partial charge in [0.15, 0.2) is 0 Å². The Labute approximate surface area is 153 Å². The third kappa shape index (κ3) is 4.81. The molecule has 0 saturated heterocycles. The van der Waals surface area contributed by atoms with E-state index in [-0.39, 0.29) is 31.0 Å². The first-order valence-electron chi connectivity index (χ1n) is 7.99. The number of esters is 2. The highest BCUT2D eigenvalue weighted by Gasteiger charge is 2.27. The number of hydrogen-bond acceptors (Lipinski definition) is 8. The number of aliphatic hydroxyl groups excluding tert-OH is 1.